The van der Waals surface area contributed by atoms with E-state index in [1.165, 1.54) is 18.1 Å². The lowest BCUT2D eigenvalue weighted by molar-refractivity contribution is 0.0875. The number of likely N-dealkylation sites (tertiary alicyclic amines) is 1. The first kappa shape index (κ1) is 15.6. The largest absolute Gasteiger partial charge is 0.350 e. The molecule has 2 atom stereocenters. The number of carbonyl (C=O) groups excluding carboxylic acids is 1. The summed E-state index contributed by atoms with van der Waals surface area (Å²) in [6.45, 7) is 1.68. The van der Waals surface area contributed by atoms with Gasteiger partial charge in [-0.05, 0) is 38.4 Å². The third-order valence-corrected chi connectivity index (χ3v) is 4.49. The molecule has 122 valence electrons. The highest BCUT2D eigenvalue weighted by molar-refractivity contribution is 5.91. The monoisotopic (exact) mass is 314 g/mol. The van der Waals surface area contributed by atoms with Crippen molar-refractivity contribution in [2.75, 3.05) is 20.1 Å². The molecule has 7 nitrogen and oxygen atoms in total. The minimum atomic E-state index is -0.171. The Hall–Kier alpha value is -2.28. The van der Waals surface area contributed by atoms with Crippen LogP contribution in [0.3, 0.4) is 0 Å². The van der Waals surface area contributed by atoms with Gasteiger partial charge in [0.25, 0.3) is 5.91 Å². The predicted molar refractivity (Wildman–Crippen MR) is 85.7 cm³/mol. The topological polar surface area (TPSA) is 75.9 Å². The Morgan fingerprint density at radius 1 is 1.35 bits per heavy atom. The molecule has 0 spiro atoms. The fourth-order valence-corrected chi connectivity index (χ4v) is 3.35. The van der Waals surface area contributed by atoms with E-state index in [0.717, 1.165) is 19.4 Å². The van der Waals surface area contributed by atoms with Crippen LogP contribution in [0.5, 0.6) is 0 Å². The fourth-order valence-electron chi connectivity index (χ4n) is 3.35. The molecule has 0 radical (unpaired) electrons. The SMILES string of the molecule is CN1CCC[C@@H](CNC(=O)c2cnccn2)[C@@H]1c1ccnn1C. The van der Waals surface area contributed by atoms with Gasteiger partial charge in [-0.25, -0.2) is 4.98 Å². The van der Waals surface area contributed by atoms with Crippen LogP contribution in [0.1, 0.15) is 35.1 Å². The second-order valence-corrected chi connectivity index (χ2v) is 6.01. The van der Waals surface area contributed by atoms with Crippen molar-refractivity contribution >= 4 is 5.91 Å². The van der Waals surface area contributed by atoms with Gasteiger partial charge >= 0.3 is 0 Å². The van der Waals surface area contributed by atoms with Gasteiger partial charge in [0.15, 0.2) is 0 Å². The molecule has 0 saturated carbocycles. The molecule has 1 amide bonds. The van der Waals surface area contributed by atoms with E-state index in [2.05, 4.69) is 38.4 Å². The zero-order chi connectivity index (χ0) is 16.2. The van der Waals surface area contributed by atoms with E-state index in [4.69, 9.17) is 0 Å². The Morgan fingerprint density at radius 2 is 2.22 bits per heavy atom. The minimum absolute atomic E-state index is 0.171. The average molecular weight is 314 g/mol. The van der Waals surface area contributed by atoms with E-state index in [0.29, 0.717) is 18.2 Å². The van der Waals surface area contributed by atoms with Crippen LogP contribution in [0.15, 0.2) is 30.9 Å². The van der Waals surface area contributed by atoms with Gasteiger partial charge in [0, 0.05) is 32.2 Å². The first-order valence-electron chi connectivity index (χ1n) is 7.89. The molecule has 1 fully saturated rings. The first-order chi connectivity index (χ1) is 11.2. The molecular weight excluding hydrogens is 292 g/mol. The van der Waals surface area contributed by atoms with Gasteiger partial charge in [-0.2, -0.15) is 5.10 Å². The van der Waals surface area contributed by atoms with Crippen molar-refractivity contribution in [2.45, 2.75) is 18.9 Å². The summed E-state index contributed by atoms with van der Waals surface area (Å²) in [7, 11) is 4.10. The number of rotatable bonds is 4. The lowest BCUT2D eigenvalue weighted by Gasteiger charge is -2.39. The Morgan fingerprint density at radius 3 is 2.91 bits per heavy atom. The lowest BCUT2D eigenvalue weighted by atomic mass is 9.87. The number of amides is 1. The maximum Gasteiger partial charge on any atom is 0.271 e. The van der Waals surface area contributed by atoms with Crippen molar-refractivity contribution in [3.8, 4) is 0 Å². The summed E-state index contributed by atoms with van der Waals surface area (Å²) in [4.78, 5) is 22.5. The first-order valence-corrected chi connectivity index (χ1v) is 7.89. The van der Waals surface area contributed by atoms with E-state index in [1.54, 1.807) is 6.20 Å². The zero-order valence-corrected chi connectivity index (χ0v) is 13.5. The molecule has 1 aliphatic rings. The molecule has 0 aliphatic carbocycles. The van der Waals surface area contributed by atoms with Crippen molar-refractivity contribution in [1.29, 1.82) is 0 Å². The van der Waals surface area contributed by atoms with Crippen LogP contribution < -0.4 is 5.32 Å². The number of carbonyl (C=O) groups is 1. The van der Waals surface area contributed by atoms with Crippen molar-refractivity contribution < 1.29 is 4.79 Å². The van der Waals surface area contributed by atoms with E-state index < -0.39 is 0 Å². The van der Waals surface area contributed by atoms with E-state index >= 15 is 0 Å². The molecular formula is C16H22N6O. The summed E-state index contributed by atoms with van der Waals surface area (Å²) in [5.74, 6) is 0.180. The molecule has 1 N–H and O–H groups in total. The summed E-state index contributed by atoms with van der Waals surface area (Å²) < 4.78 is 1.92. The maximum atomic E-state index is 12.2. The number of aryl methyl sites for hydroxylation is 1. The molecule has 0 unspecified atom stereocenters. The lowest BCUT2D eigenvalue weighted by Crippen LogP contribution is -2.42. The number of hydrogen-bond acceptors (Lipinski definition) is 5. The van der Waals surface area contributed by atoms with E-state index in [-0.39, 0.29) is 11.9 Å². The van der Waals surface area contributed by atoms with Crippen LogP contribution in [-0.4, -0.2) is 50.7 Å². The van der Waals surface area contributed by atoms with E-state index in [9.17, 15) is 4.79 Å². The second-order valence-electron chi connectivity index (χ2n) is 6.01. The number of piperidine rings is 1. The van der Waals surface area contributed by atoms with Gasteiger partial charge in [-0.1, -0.05) is 0 Å². The van der Waals surface area contributed by atoms with Crippen LogP contribution in [0.25, 0.3) is 0 Å². The van der Waals surface area contributed by atoms with Gasteiger partial charge in [0.2, 0.25) is 0 Å². The summed E-state index contributed by atoms with van der Waals surface area (Å²) in [6.07, 6.45) is 8.62. The molecule has 7 heteroatoms. The normalized spacial score (nSPS) is 22.0. The number of nitrogens with zero attached hydrogens (tertiary/aromatic N) is 5. The summed E-state index contributed by atoms with van der Waals surface area (Å²) in [6, 6.07) is 2.32. The van der Waals surface area contributed by atoms with Crippen LogP contribution in [-0.2, 0) is 7.05 Å². The van der Waals surface area contributed by atoms with Crippen LogP contribution in [0.2, 0.25) is 0 Å². The number of nitrogens with one attached hydrogen (secondary N) is 1. The van der Waals surface area contributed by atoms with Crippen molar-refractivity contribution in [3.63, 3.8) is 0 Å². The van der Waals surface area contributed by atoms with Crippen LogP contribution in [0.4, 0.5) is 0 Å². The molecule has 3 rings (SSSR count). The number of hydrogen-bond donors (Lipinski definition) is 1. The third-order valence-electron chi connectivity index (χ3n) is 4.49. The Kier molecular flexibility index (Phi) is 4.66. The molecule has 23 heavy (non-hydrogen) atoms. The van der Waals surface area contributed by atoms with Crippen molar-refractivity contribution in [1.82, 2.24) is 30.0 Å². The zero-order valence-electron chi connectivity index (χ0n) is 13.5. The summed E-state index contributed by atoms with van der Waals surface area (Å²) in [5, 5.41) is 7.29. The predicted octanol–water partition coefficient (Wildman–Crippen LogP) is 1.02. The van der Waals surface area contributed by atoms with Gasteiger partial charge in [-0.3, -0.25) is 19.4 Å². The molecule has 2 aromatic heterocycles. The molecule has 1 aliphatic heterocycles. The van der Waals surface area contributed by atoms with Crippen molar-refractivity contribution in [2.24, 2.45) is 13.0 Å². The standard InChI is InChI=1S/C16H22N6O/c1-21-9-3-4-12(15(21)14-5-6-20-22(14)2)10-19-16(23)13-11-17-7-8-18-13/h5-8,11-12,15H,3-4,9-10H2,1-2H3,(H,19,23)/t12-,15+/m0/s1. The van der Waals surface area contributed by atoms with E-state index in [1.807, 2.05) is 17.9 Å². The Labute approximate surface area is 135 Å². The highest BCUT2D eigenvalue weighted by Crippen LogP contribution is 2.34. The van der Waals surface area contributed by atoms with Gasteiger partial charge in [0.05, 0.1) is 17.9 Å². The fraction of sp³-hybridized carbons (Fsp3) is 0.500. The molecule has 0 aromatic carbocycles. The smallest absolute Gasteiger partial charge is 0.271 e. The molecule has 1 saturated heterocycles. The van der Waals surface area contributed by atoms with Gasteiger partial charge in [0.1, 0.15) is 5.69 Å². The molecule has 0 bridgehead atoms. The minimum Gasteiger partial charge on any atom is -0.350 e. The summed E-state index contributed by atoms with van der Waals surface area (Å²) >= 11 is 0. The van der Waals surface area contributed by atoms with Crippen LogP contribution >= 0.6 is 0 Å². The Bertz CT molecular complexity index is 656. The van der Waals surface area contributed by atoms with Crippen molar-refractivity contribution in [3.05, 3.63) is 42.2 Å². The van der Waals surface area contributed by atoms with Gasteiger partial charge < -0.3 is 5.32 Å². The number of aromatic nitrogens is 4. The van der Waals surface area contributed by atoms with Crippen LogP contribution in [0, 0.1) is 5.92 Å². The summed E-state index contributed by atoms with van der Waals surface area (Å²) in [5.41, 5.74) is 1.54. The average Bonchev–Trinajstić information content (AvgIpc) is 2.99. The molecule has 3 heterocycles. The quantitative estimate of drug-likeness (QED) is 0.912. The maximum absolute atomic E-state index is 12.2. The molecule has 2 aromatic rings. The third kappa shape index (κ3) is 3.39. The second kappa shape index (κ2) is 6.87. The van der Waals surface area contributed by atoms with Gasteiger partial charge in [-0.15, -0.1) is 0 Å². The Balaban J connectivity index is 1.70. The highest BCUT2D eigenvalue weighted by Gasteiger charge is 2.32. The highest BCUT2D eigenvalue weighted by atomic mass is 16.1.